The highest BCUT2D eigenvalue weighted by Gasteiger charge is 2.48. The third-order valence-corrected chi connectivity index (χ3v) is 6.84. The quantitative estimate of drug-likeness (QED) is 0.660. The summed E-state index contributed by atoms with van der Waals surface area (Å²) in [5.74, 6) is -2.74. The van der Waals surface area contributed by atoms with Crippen molar-refractivity contribution < 1.29 is 29.0 Å². The molecule has 0 spiro atoms. The summed E-state index contributed by atoms with van der Waals surface area (Å²) in [6.45, 7) is 4.30. The molecule has 166 valence electrons. The number of aliphatic hydroxyl groups is 1. The first-order valence-corrected chi connectivity index (χ1v) is 11.3. The van der Waals surface area contributed by atoms with E-state index in [9.17, 15) is 19.5 Å². The minimum Gasteiger partial charge on any atom is -0.504 e. The van der Waals surface area contributed by atoms with Gasteiger partial charge in [0, 0.05) is 11.8 Å². The molecule has 31 heavy (non-hydrogen) atoms. The molecule has 6 nitrogen and oxygen atoms in total. The standard InChI is InChI=1S/C25H30O6/c1-14(2)18(13-17-9-6-12-30-24(17)28)23-22(27)21(26)20(25(29)31-23)19(16-10-11-16)15-7-4-3-5-8-15/h3-5,7-8,14,16-19,23,26H,6,9-13H2,1-2H3. The molecule has 2 aliphatic heterocycles. The molecule has 3 aliphatic rings. The van der Waals surface area contributed by atoms with Crippen molar-refractivity contribution in [1.29, 1.82) is 0 Å². The van der Waals surface area contributed by atoms with Gasteiger partial charge >= 0.3 is 11.9 Å². The highest BCUT2D eigenvalue weighted by atomic mass is 16.6. The van der Waals surface area contributed by atoms with E-state index in [1.54, 1.807) is 0 Å². The second kappa shape index (κ2) is 8.85. The van der Waals surface area contributed by atoms with Crippen molar-refractivity contribution in [1.82, 2.24) is 0 Å². The van der Waals surface area contributed by atoms with Gasteiger partial charge in [-0.15, -0.1) is 0 Å². The van der Waals surface area contributed by atoms with E-state index in [-0.39, 0.29) is 41.1 Å². The lowest BCUT2D eigenvalue weighted by Crippen LogP contribution is -2.45. The number of aliphatic hydroxyl groups excluding tert-OH is 1. The second-order valence-corrected chi connectivity index (χ2v) is 9.33. The lowest BCUT2D eigenvalue weighted by Gasteiger charge is -2.35. The number of esters is 2. The number of carbonyl (C=O) groups is 3. The number of rotatable bonds is 7. The van der Waals surface area contributed by atoms with Gasteiger partial charge in [-0.25, -0.2) is 4.79 Å². The summed E-state index contributed by atoms with van der Waals surface area (Å²) in [5, 5.41) is 10.9. The molecule has 1 N–H and O–H groups in total. The highest BCUT2D eigenvalue weighted by Crippen LogP contribution is 2.49. The maximum atomic E-state index is 13.2. The number of benzene rings is 1. The summed E-state index contributed by atoms with van der Waals surface area (Å²) in [7, 11) is 0. The van der Waals surface area contributed by atoms with E-state index in [4.69, 9.17) is 9.47 Å². The van der Waals surface area contributed by atoms with E-state index in [1.165, 1.54) is 0 Å². The second-order valence-electron chi connectivity index (χ2n) is 9.33. The Morgan fingerprint density at radius 1 is 1.06 bits per heavy atom. The monoisotopic (exact) mass is 426 g/mol. The summed E-state index contributed by atoms with van der Waals surface area (Å²) < 4.78 is 10.9. The van der Waals surface area contributed by atoms with Crippen LogP contribution in [0.3, 0.4) is 0 Å². The lowest BCUT2D eigenvalue weighted by atomic mass is 9.77. The van der Waals surface area contributed by atoms with Gasteiger partial charge in [0.2, 0.25) is 5.78 Å². The first-order chi connectivity index (χ1) is 14.9. The molecule has 1 saturated heterocycles. The van der Waals surface area contributed by atoms with Crippen LogP contribution in [0.4, 0.5) is 0 Å². The summed E-state index contributed by atoms with van der Waals surface area (Å²) in [6, 6.07) is 9.50. The summed E-state index contributed by atoms with van der Waals surface area (Å²) in [6.07, 6.45) is 2.69. The van der Waals surface area contributed by atoms with Crippen LogP contribution in [0.1, 0.15) is 57.4 Å². The maximum absolute atomic E-state index is 13.2. The predicted octanol–water partition coefficient (Wildman–Crippen LogP) is 4.10. The number of hydrogen-bond donors (Lipinski definition) is 1. The van der Waals surface area contributed by atoms with Gasteiger partial charge in [-0.3, -0.25) is 9.59 Å². The highest BCUT2D eigenvalue weighted by molar-refractivity contribution is 6.09. The molecule has 2 heterocycles. The zero-order valence-electron chi connectivity index (χ0n) is 18.1. The fraction of sp³-hybridized carbons (Fsp3) is 0.560. The van der Waals surface area contributed by atoms with Crippen molar-refractivity contribution in [2.45, 2.75) is 58.0 Å². The molecule has 1 aromatic rings. The third-order valence-electron chi connectivity index (χ3n) is 6.84. The molecule has 6 heteroatoms. The third kappa shape index (κ3) is 4.39. The van der Waals surface area contributed by atoms with Crippen LogP contribution in [0.5, 0.6) is 0 Å². The van der Waals surface area contributed by atoms with Crippen molar-refractivity contribution in [3.63, 3.8) is 0 Å². The molecule has 1 saturated carbocycles. The Bertz CT molecular complexity index is 883. The summed E-state index contributed by atoms with van der Waals surface area (Å²) >= 11 is 0. The van der Waals surface area contributed by atoms with E-state index >= 15 is 0 Å². The van der Waals surface area contributed by atoms with Crippen LogP contribution in [0.15, 0.2) is 41.7 Å². The Kier molecular flexibility index (Phi) is 6.17. The molecule has 0 bridgehead atoms. The van der Waals surface area contributed by atoms with Gasteiger partial charge in [0.1, 0.15) is 0 Å². The average molecular weight is 427 g/mol. The van der Waals surface area contributed by atoms with E-state index in [2.05, 4.69) is 0 Å². The minimum absolute atomic E-state index is 0.0146. The van der Waals surface area contributed by atoms with E-state index in [0.717, 1.165) is 24.8 Å². The van der Waals surface area contributed by atoms with E-state index in [0.29, 0.717) is 19.4 Å². The first-order valence-electron chi connectivity index (χ1n) is 11.3. The Balaban J connectivity index is 1.62. The fourth-order valence-corrected chi connectivity index (χ4v) is 4.94. The molecular weight excluding hydrogens is 396 g/mol. The molecule has 4 atom stereocenters. The van der Waals surface area contributed by atoms with Gasteiger partial charge < -0.3 is 14.6 Å². The van der Waals surface area contributed by atoms with Crippen LogP contribution >= 0.6 is 0 Å². The molecule has 0 radical (unpaired) electrons. The normalized spacial score (nSPS) is 26.5. The number of cyclic esters (lactones) is 2. The number of carbonyl (C=O) groups excluding carboxylic acids is 3. The molecule has 0 aromatic heterocycles. The van der Waals surface area contributed by atoms with Crippen LogP contribution in [-0.4, -0.2) is 35.5 Å². The van der Waals surface area contributed by atoms with Crippen LogP contribution in [-0.2, 0) is 23.9 Å². The van der Waals surface area contributed by atoms with Crippen LogP contribution < -0.4 is 0 Å². The molecule has 1 aliphatic carbocycles. The molecule has 0 amide bonds. The largest absolute Gasteiger partial charge is 0.504 e. The Hall–Kier alpha value is -2.63. The van der Waals surface area contributed by atoms with Gasteiger partial charge in [-0.2, -0.15) is 0 Å². The number of ketones is 1. The Morgan fingerprint density at radius 2 is 1.77 bits per heavy atom. The predicted molar refractivity (Wildman–Crippen MR) is 113 cm³/mol. The first kappa shape index (κ1) is 21.6. The fourth-order valence-electron chi connectivity index (χ4n) is 4.94. The number of Topliss-reactive ketones (excluding diaryl/α,β-unsaturated/α-hetero) is 1. The van der Waals surface area contributed by atoms with Crippen LogP contribution in [0, 0.1) is 23.7 Å². The summed E-state index contributed by atoms with van der Waals surface area (Å²) in [5.41, 5.74) is 0.981. The molecule has 1 aromatic carbocycles. The zero-order valence-corrected chi connectivity index (χ0v) is 18.1. The Morgan fingerprint density at radius 3 is 2.39 bits per heavy atom. The van der Waals surface area contributed by atoms with Gasteiger partial charge in [0.15, 0.2) is 11.9 Å². The molecular formula is C25H30O6. The number of ether oxygens (including phenoxy) is 2. The topological polar surface area (TPSA) is 89.9 Å². The van der Waals surface area contributed by atoms with Crippen molar-refractivity contribution in [3.05, 3.63) is 47.2 Å². The van der Waals surface area contributed by atoms with Crippen LogP contribution in [0.2, 0.25) is 0 Å². The number of hydrogen-bond acceptors (Lipinski definition) is 6. The summed E-state index contributed by atoms with van der Waals surface area (Å²) in [4.78, 5) is 38.5. The zero-order chi connectivity index (χ0) is 22.1. The average Bonchev–Trinajstić information content (AvgIpc) is 3.59. The molecule has 2 fully saturated rings. The van der Waals surface area contributed by atoms with E-state index in [1.807, 2.05) is 44.2 Å². The van der Waals surface area contributed by atoms with Crippen molar-refractivity contribution >= 4 is 17.7 Å². The van der Waals surface area contributed by atoms with Crippen LogP contribution in [0.25, 0.3) is 0 Å². The lowest BCUT2D eigenvalue weighted by molar-refractivity contribution is -0.162. The molecule has 4 unspecified atom stereocenters. The van der Waals surface area contributed by atoms with Crippen molar-refractivity contribution in [2.24, 2.45) is 23.7 Å². The van der Waals surface area contributed by atoms with Gasteiger partial charge in [-0.05, 0) is 49.5 Å². The minimum atomic E-state index is -1.08. The van der Waals surface area contributed by atoms with Crippen molar-refractivity contribution in [3.8, 4) is 0 Å². The maximum Gasteiger partial charge on any atom is 0.339 e. The van der Waals surface area contributed by atoms with E-state index < -0.39 is 23.6 Å². The SMILES string of the molecule is CC(C)C(CC1CCCOC1=O)C1OC(=O)C(C(c2ccccc2)C2CC2)=C(O)C1=O. The van der Waals surface area contributed by atoms with Gasteiger partial charge in [-0.1, -0.05) is 44.2 Å². The van der Waals surface area contributed by atoms with Gasteiger partial charge in [0.25, 0.3) is 0 Å². The Labute approximate surface area is 182 Å². The van der Waals surface area contributed by atoms with Gasteiger partial charge in [0.05, 0.1) is 18.1 Å². The molecule has 4 rings (SSSR count). The smallest absolute Gasteiger partial charge is 0.339 e. The van der Waals surface area contributed by atoms with Crippen molar-refractivity contribution in [2.75, 3.05) is 6.61 Å².